The van der Waals surface area contributed by atoms with Gasteiger partial charge in [0, 0.05) is 35.9 Å². The van der Waals surface area contributed by atoms with E-state index in [1.54, 1.807) is 30.3 Å². The molecule has 0 bridgehead atoms. The molecule has 146 valence electrons. The van der Waals surface area contributed by atoms with Crippen LogP contribution in [0.1, 0.15) is 28.7 Å². The zero-order valence-electron chi connectivity index (χ0n) is 16.2. The van der Waals surface area contributed by atoms with Gasteiger partial charge in [-0.2, -0.15) is 0 Å². The summed E-state index contributed by atoms with van der Waals surface area (Å²) < 4.78 is 29.7. The number of hydrogen-bond acceptors (Lipinski definition) is 4. The SMILES string of the molecule is CCn1c(C)cc(C(=O)CN(c2ccncc2)S(=O)(=O)c2ccccc2)c1C. The van der Waals surface area contributed by atoms with Crippen LogP contribution < -0.4 is 4.31 Å². The molecule has 3 aromatic rings. The van der Waals surface area contributed by atoms with Crippen LogP contribution in [0.25, 0.3) is 0 Å². The highest BCUT2D eigenvalue weighted by atomic mass is 32.2. The minimum Gasteiger partial charge on any atom is -0.349 e. The van der Waals surface area contributed by atoms with Gasteiger partial charge in [0.1, 0.15) is 0 Å². The lowest BCUT2D eigenvalue weighted by atomic mass is 10.1. The van der Waals surface area contributed by atoms with Gasteiger partial charge in [0.05, 0.1) is 17.1 Å². The minimum atomic E-state index is -3.90. The second-order valence-corrected chi connectivity index (χ2v) is 8.34. The van der Waals surface area contributed by atoms with E-state index in [-0.39, 0.29) is 17.2 Å². The van der Waals surface area contributed by atoms with E-state index in [0.29, 0.717) is 11.3 Å². The average Bonchev–Trinajstić information content (AvgIpc) is 3.00. The summed E-state index contributed by atoms with van der Waals surface area (Å²) in [7, 11) is -3.90. The van der Waals surface area contributed by atoms with Gasteiger partial charge in [0.2, 0.25) is 0 Å². The maximum Gasteiger partial charge on any atom is 0.264 e. The van der Waals surface area contributed by atoms with Gasteiger partial charge in [-0.05, 0) is 51.1 Å². The van der Waals surface area contributed by atoms with E-state index >= 15 is 0 Å². The predicted octanol–water partition coefficient (Wildman–Crippen LogP) is 3.60. The van der Waals surface area contributed by atoms with E-state index in [2.05, 4.69) is 4.98 Å². The van der Waals surface area contributed by atoms with Crippen molar-refractivity contribution in [3.8, 4) is 0 Å². The quantitative estimate of drug-likeness (QED) is 0.571. The van der Waals surface area contributed by atoms with Crippen molar-refractivity contribution < 1.29 is 13.2 Å². The van der Waals surface area contributed by atoms with Crippen LogP contribution in [0.3, 0.4) is 0 Å². The Balaban J connectivity index is 2.03. The molecule has 2 heterocycles. The number of carbonyl (C=O) groups is 1. The van der Waals surface area contributed by atoms with Crippen molar-refractivity contribution in [1.82, 2.24) is 9.55 Å². The molecule has 0 unspecified atom stereocenters. The molecule has 1 aromatic carbocycles. The van der Waals surface area contributed by atoms with Crippen molar-refractivity contribution >= 4 is 21.5 Å². The Labute approximate surface area is 165 Å². The van der Waals surface area contributed by atoms with Crippen molar-refractivity contribution in [1.29, 1.82) is 0 Å². The number of aryl methyl sites for hydroxylation is 1. The number of carbonyl (C=O) groups excluding carboxylic acids is 1. The smallest absolute Gasteiger partial charge is 0.264 e. The molecule has 0 amide bonds. The summed E-state index contributed by atoms with van der Waals surface area (Å²) >= 11 is 0. The third-order valence-electron chi connectivity index (χ3n) is 4.76. The van der Waals surface area contributed by atoms with Crippen LogP contribution in [-0.2, 0) is 16.6 Å². The van der Waals surface area contributed by atoms with Crippen LogP contribution in [0.15, 0.2) is 65.8 Å². The third-order valence-corrected chi connectivity index (χ3v) is 6.55. The molecule has 0 aliphatic rings. The summed E-state index contributed by atoms with van der Waals surface area (Å²) in [5.41, 5.74) is 2.76. The summed E-state index contributed by atoms with van der Waals surface area (Å²) in [5.74, 6) is -0.246. The first-order valence-electron chi connectivity index (χ1n) is 9.04. The lowest BCUT2D eigenvalue weighted by Crippen LogP contribution is -2.36. The van der Waals surface area contributed by atoms with E-state index < -0.39 is 10.0 Å². The standard InChI is InChI=1S/C21H23N3O3S/c1-4-23-16(2)14-20(17(23)3)21(25)15-24(18-10-12-22-13-11-18)28(26,27)19-8-6-5-7-9-19/h5-14H,4,15H2,1-3H3. The zero-order valence-corrected chi connectivity index (χ0v) is 17.0. The Hall–Kier alpha value is -2.93. The fourth-order valence-electron chi connectivity index (χ4n) is 3.33. The first-order chi connectivity index (χ1) is 13.4. The van der Waals surface area contributed by atoms with Crippen molar-refractivity contribution in [2.45, 2.75) is 32.2 Å². The number of nitrogens with zero attached hydrogens (tertiary/aromatic N) is 3. The van der Waals surface area contributed by atoms with Crippen LogP contribution in [0.5, 0.6) is 0 Å². The summed E-state index contributed by atoms with van der Waals surface area (Å²) in [4.78, 5) is 17.2. The second-order valence-electron chi connectivity index (χ2n) is 6.48. The number of pyridine rings is 1. The van der Waals surface area contributed by atoms with E-state index in [0.717, 1.165) is 22.2 Å². The maximum absolute atomic E-state index is 13.3. The highest BCUT2D eigenvalue weighted by Crippen LogP contribution is 2.24. The number of anilines is 1. The molecule has 2 aromatic heterocycles. The number of aromatic nitrogens is 2. The van der Waals surface area contributed by atoms with Gasteiger partial charge in [-0.15, -0.1) is 0 Å². The molecule has 0 atom stereocenters. The van der Waals surface area contributed by atoms with Gasteiger partial charge >= 0.3 is 0 Å². The summed E-state index contributed by atoms with van der Waals surface area (Å²) in [6.07, 6.45) is 3.02. The topological polar surface area (TPSA) is 72.3 Å². The predicted molar refractivity (Wildman–Crippen MR) is 109 cm³/mol. The number of hydrogen-bond donors (Lipinski definition) is 0. The van der Waals surface area contributed by atoms with Crippen LogP contribution >= 0.6 is 0 Å². The number of Topliss-reactive ketones (excluding diaryl/α,β-unsaturated/α-hetero) is 1. The first kappa shape index (κ1) is 19.8. The number of sulfonamides is 1. The van der Waals surface area contributed by atoms with Gasteiger partial charge in [0.15, 0.2) is 5.78 Å². The first-order valence-corrected chi connectivity index (χ1v) is 10.5. The van der Waals surface area contributed by atoms with Crippen molar-refractivity contribution in [2.24, 2.45) is 0 Å². The monoisotopic (exact) mass is 397 g/mol. The van der Waals surface area contributed by atoms with E-state index in [4.69, 9.17) is 0 Å². The fourth-order valence-corrected chi connectivity index (χ4v) is 4.77. The molecular weight excluding hydrogens is 374 g/mol. The van der Waals surface area contributed by atoms with Crippen molar-refractivity contribution in [3.63, 3.8) is 0 Å². The Morgan fingerprint density at radius 1 is 1.07 bits per heavy atom. The molecule has 28 heavy (non-hydrogen) atoms. The molecule has 0 aliphatic heterocycles. The highest BCUT2D eigenvalue weighted by molar-refractivity contribution is 7.92. The van der Waals surface area contributed by atoms with Crippen LogP contribution in [0.2, 0.25) is 0 Å². The number of benzene rings is 1. The molecule has 0 radical (unpaired) electrons. The van der Waals surface area contributed by atoms with Crippen LogP contribution in [0.4, 0.5) is 5.69 Å². The Morgan fingerprint density at radius 2 is 1.71 bits per heavy atom. The second kappa shape index (κ2) is 7.98. The summed E-state index contributed by atoms with van der Waals surface area (Å²) in [6, 6.07) is 13.1. The molecular formula is C21H23N3O3S. The lowest BCUT2D eigenvalue weighted by Gasteiger charge is -2.23. The van der Waals surface area contributed by atoms with Gasteiger partial charge in [-0.3, -0.25) is 14.1 Å². The fraction of sp³-hybridized carbons (Fsp3) is 0.238. The minimum absolute atomic E-state index is 0.138. The Morgan fingerprint density at radius 3 is 2.29 bits per heavy atom. The molecule has 0 fully saturated rings. The molecule has 0 saturated carbocycles. The summed E-state index contributed by atoms with van der Waals surface area (Å²) in [6.45, 7) is 6.30. The normalized spacial score (nSPS) is 11.4. The molecule has 0 N–H and O–H groups in total. The van der Waals surface area contributed by atoms with E-state index in [9.17, 15) is 13.2 Å². The molecule has 3 rings (SSSR count). The largest absolute Gasteiger partial charge is 0.349 e. The van der Waals surface area contributed by atoms with Gasteiger partial charge in [-0.25, -0.2) is 8.42 Å². The number of rotatable bonds is 7. The Bertz CT molecular complexity index is 1070. The van der Waals surface area contributed by atoms with Crippen molar-refractivity contribution in [2.75, 3.05) is 10.8 Å². The molecule has 7 heteroatoms. The average molecular weight is 398 g/mol. The summed E-state index contributed by atoms with van der Waals surface area (Å²) in [5, 5.41) is 0. The molecule has 6 nitrogen and oxygen atoms in total. The van der Waals surface area contributed by atoms with Gasteiger partial charge < -0.3 is 4.57 Å². The highest BCUT2D eigenvalue weighted by Gasteiger charge is 2.28. The van der Waals surface area contributed by atoms with Crippen LogP contribution in [-0.4, -0.2) is 30.3 Å². The number of ketones is 1. The third kappa shape index (κ3) is 3.71. The lowest BCUT2D eigenvalue weighted by molar-refractivity contribution is 0.100. The van der Waals surface area contributed by atoms with Gasteiger partial charge in [-0.1, -0.05) is 18.2 Å². The van der Waals surface area contributed by atoms with Crippen LogP contribution in [0, 0.1) is 13.8 Å². The molecule has 0 spiro atoms. The van der Waals surface area contributed by atoms with Crippen molar-refractivity contribution in [3.05, 3.63) is 77.9 Å². The Kier molecular flexibility index (Phi) is 5.65. The zero-order chi connectivity index (χ0) is 20.3. The maximum atomic E-state index is 13.3. The molecule has 0 saturated heterocycles. The van der Waals surface area contributed by atoms with E-state index in [1.807, 2.05) is 31.4 Å². The molecule has 0 aliphatic carbocycles. The van der Waals surface area contributed by atoms with Gasteiger partial charge in [0.25, 0.3) is 10.0 Å². The van der Waals surface area contributed by atoms with E-state index in [1.165, 1.54) is 24.5 Å².